The molecule has 0 amide bonds. The third-order valence-electron chi connectivity index (χ3n) is 3.51. The molecule has 0 bridgehead atoms. The van der Waals surface area contributed by atoms with Gasteiger partial charge in [0.1, 0.15) is 5.82 Å². The van der Waals surface area contributed by atoms with E-state index >= 15 is 0 Å². The number of benzene rings is 1. The molecule has 0 aliphatic rings. The zero-order valence-corrected chi connectivity index (χ0v) is 11.7. The Kier molecular flexibility index (Phi) is 2.75. The quantitative estimate of drug-likeness (QED) is 0.568. The molecule has 0 unspecified atom stereocenters. The van der Waals surface area contributed by atoms with Crippen molar-refractivity contribution in [1.29, 1.82) is 0 Å². The molecule has 4 aromatic rings. The van der Waals surface area contributed by atoms with Gasteiger partial charge in [0.2, 0.25) is 5.82 Å². The first kappa shape index (κ1) is 12.7. The summed E-state index contributed by atoms with van der Waals surface area (Å²) in [6.07, 6.45) is 3.51. The number of rotatable bonds is 2. The van der Waals surface area contributed by atoms with Crippen molar-refractivity contribution in [1.82, 2.24) is 19.8 Å². The van der Waals surface area contributed by atoms with Crippen molar-refractivity contribution in [3.05, 3.63) is 60.2 Å². The SMILES string of the molecule is Cc1ccc(-c2noc(-c3cnn4ccccc34)n2)cc1F. The smallest absolute Gasteiger partial charge is 0.262 e. The van der Waals surface area contributed by atoms with Crippen molar-refractivity contribution < 1.29 is 8.91 Å². The lowest BCUT2D eigenvalue weighted by Gasteiger charge is -1.97. The van der Waals surface area contributed by atoms with Gasteiger partial charge in [0.15, 0.2) is 0 Å². The highest BCUT2D eigenvalue weighted by Gasteiger charge is 2.15. The van der Waals surface area contributed by atoms with Gasteiger partial charge in [-0.25, -0.2) is 8.91 Å². The van der Waals surface area contributed by atoms with Crippen LogP contribution in [0.5, 0.6) is 0 Å². The van der Waals surface area contributed by atoms with Crippen LogP contribution in [0.3, 0.4) is 0 Å². The minimum absolute atomic E-state index is 0.292. The van der Waals surface area contributed by atoms with E-state index in [4.69, 9.17) is 4.52 Å². The van der Waals surface area contributed by atoms with E-state index in [2.05, 4.69) is 15.2 Å². The summed E-state index contributed by atoms with van der Waals surface area (Å²) in [4.78, 5) is 4.35. The van der Waals surface area contributed by atoms with E-state index in [-0.39, 0.29) is 5.82 Å². The number of pyridine rings is 1. The molecular formula is C16H11FN4O. The predicted octanol–water partition coefficient (Wildman–Crippen LogP) is 3.50. The average molecular weight is 294 g/mol. The van der Waals surface area contributed by atoms with Crippen LogP contribution in [0.1, 0.15) is 5.56 Å². The molecule has 6 heteroatoms. The topological polar surface area (TPSA) is 56.2 Å². The van der Waals surface area contributed by atoms with E-state index in [1.165, 1.54) is 6.07 Å². The van der Waals surface area contributed by atoms with Gasteiger partial charge in [-0.1, -0.05) is 23.4 Å². The van der Waals surface area contributed by atoms with Crippen molar-refractivity contribution >= 4 is 5.52 Å². The molecule has 5 nitrogen and oxygen atoms in total. The Bertz CT molecular complexity index is 973. The second-order valence-corrected chi connectivity index (χ2v) is 4.98. The molecule has 0 radical (unpaired) electrons. The lowest BCUT2D eigenvalue weighted by molar-refractivity contribution is 0.432. The third kappa shape index (κ3) is 1.96. The summed E-state index contributed by atoms with van der Waals surface area (Å²) in [7, 11) is 0. The van der Waals surface area contributed by atoms with Crippen LogP contribution in [0.4, 0.5) is 4.39 Å². The Morgan fingerprint density at radius 1 is 1.18 bits per heavy atom. The zero-order valence-electron chi connectivity index (χ0n) is 11.7. The number of aromatic nitrogens is 4. The fourth-order valence-corrected chi connectivity index (χ4v) is 2.28. The highest BCUT2D eigenvalue weighted by atomic mass is 19.1. The van der Waals surface area contributed by atoms with Crippen LogP contribution in [0, 0.1) is 12.7 Å². The predicted molar refractivity (Wildman–Crippen MR) is 78.6 cm³/mol. The van der Waals surface area contributed by atoms with E-state index in [9.17, 15) is 4.39 Å². The van der Waals surface area contributed by atoms with Gasteiger partial charge in [-0.3, -0.25) is 0 Å². The lowest BCUT2D eigenvalue weighted by Crippen LogP contribution is -1.86. The van der Waals surface area contributed by atoms with Crippen LogP contribution < -0.4 is 0 Å². The van der Waals surface area contributed by atoms with Crippen molar-refractivity contribution in [2.45, 2.75) is 6.92 Å². The number of nitrogens with zero attached hydrogens (tertiary/aromatic N) is 4. The van der Waals surface area contributed by atoms with Crippen LogP contribution >= 0.6 is 0 Å². The summed E-state index contributed by atoms with van der Waals surface area (Å²) >= 11 is 0. The molecule has 3 aromatic heterocycles. The van der Waals surface area contributed by atoms with E-state index in [1.807, 2.05) is 24.4 Å². The second kappa shape index (κ2) is 4.77. The molecule has 0 saturated carbocycles. The molecule has 0 spiro atoms. The summed E-state index contributed by atoms with van der Waals surface area (Å²) < 4.78 is 20.7. The fourth-order valence-electron chi connectivity index (χ4n) is 2.28. The molecule has 108 valence electrons. The molecule has 0 aliphatic carbocycles. The number of fused-ring (bicyclic) bond motifs is 1. The molecule has 0 saturated heterocycles. The van der Waals surface area contributed by atoms with E-state index < -0.39 is 0 Å². The van der Waals surface area contributed by atoms with Gasteiger partial charge >= 0.3 is 0 Å². The minimum atomic E-state index is -0.292. The molecule has 0 aliphatic heterocycles. The number of halogens is 1. The molecule has 22 heavy (non-hydrogen) atoms. The minimum Gasteiger partial charge on any atom is -0.333 e. The first-order valence-corrected chi connectivity index (χ1v) is 6.75. The zero-order chi connectivity index (χ0) is 15.1. The Labute approximate surface area is 125 Å². The maximum Gasteiger partial charge on any atom is 0.262 e. The Balaban J connectivity index is 1.79. The normalized spacial score (nSPS) is 11.2. The Morgan fingerprint density at radius 3 is 2.95 bits per heavy atom. The monoisotopic (exact) mass is 294 g/mol. The van der Waals surface area contributed by atoms with Gasteiger partial charge in [-0.05, 0) is 30.7 Å². The molecule has 0 N–H and O–H groups in total. The van der Waals surface area contributed by atoms with Gasteiger partial charge in [0.05, 0.1) is 17.3 Å². The van der Waals surface area contributed by atoms with Crippen molar-refractivity contribution in [2.24, 2.45) is 0 Å². The van der Waals surface area contributed by atoms with Gasteiger partial charge in [0, 0.05) is 11.8 Å². The van der Waals surface area contributed by atoms with Crippen LogP contribution in [-0.2, 0) is 0 Å². The van der Waals surface area contributed by atoms with Crippen LogP contribution in [0.15, 0.2) is 53.3 Å². The Hall–Kier alpha value is -3.02. The number of hydrogen-bond acceptors (Lipinski definition) is 4. The van der Waals surface area contributed by atoms with Gasteiger partial charge in [0.25, 0.3) is 5.89 Å². The molecule has 4 rings (SSSR count). The largest absolute Gasteiger partial charge is 0.333 e. The summed E-state index contributed by atoms with van der Waals surface area (Å²) in [6.45, 7) is 1.71. The van der Waals surface area contributed by atoms with Crippen molar-refractivity contribution in [2.75, 3.05) is 0 Å². The number of hydrogen-bond donors (Lipinski definition) is 0. The highest BCUT2D eigenvalue weighted by molar-refractivity contribution is 5.75. The van der Waals surface area contributed by atoms with Crippen LogP contribution in [0.25, 0.3) is 28.4 Å². The fraction of sp³-hybridized carbons (Fsp3) is 0.0625. The van der Waals surface area contributed by atoms with Gasteiger partial charge in [-0.2, -0.15) is 10.1 Å². The standard InChI is InChI=1S/C16H11FN4O/c1-10-5-6-11(8-13(10)17)15-19-16(22-20-15)12-9-18-21-7-3-2-4-14(12)21/h2-9H,1H3. The molecule has 3 heterocycles. The van der Waals surface area contributed by atoms with E-state index in [0.29, 0.717) is 22.8 Å². The Morgan fingerprint density at radius 2 is 2.09 bits per heavy atom. The van der Waals surface area contributed by atoms with Crippen LogP contribution in [-0.4, -0.2) is 19.8 Å². The van der Waals surface area contributed by atoms with Gasteiger partial charge < -0.3 is 4.52 Å². The average Bonchev–Trinajstić information content (AvgIpc) is 3.16. The molecule has 0 atom stereocenters. The summed E-state index contributed by atoms with van der Waals surface area (Å²) in [5, 5.41) is 8.16. The summed E-state index contributed by atoms with van der Waals surface area (Å²) in [5.41, 5.74) is 2.77. The molecule has 1 aromatic carbocycles. The molecule has 0 fully saturated rings. The maximum atomic E-state index is 13.7. The van der Waals surface area contributed by atoms with E-state index in [1.54, 1.807) is 29.8 Å². The first-order valence-electron chi connectivity index (χ1n) is 6.75. The lowest BCUT2D eigenvalue weighted by atomic mass is 10.1. The third-order valence-corrected chi connectivity index (χ3v) is 3.51. The second-order valence-electron chi connectivity index (χ2n) is 4.98. The van der Waals surface area contributed by atoms with Crippen molar-refractivity contribution in [3.63, 3.8) is 0 Å². The summed E-state index contributed by atoms with van der Waals surface area (Å²) in [6, 6.07) is 10.6. The van der Waals surface area contributed by atoms with E-state index in [0.717, 1.165) is 11.1 Å². The summed E-state index contributed by atoms with van der Waals surface area (Å²) in [5.74, 6) is 0.418. The maximum absolute atomic E-state index is 13.7. The molecular weight excluding hydrogens is 283 g/mol. The van der Waals surface area contributed by atoms with Gasteiger partial charge in [-0.15, -0.1) is 0 Å². The highest BCUT2D eigenvalue weighted by Crippen LogP contribution is 2.26. The first-order chi connectivity index (χ1) is 10.7. The van der Waals surface area contributed by atoms with Crippen molar-refractivity contribution in [3.8, 4) is 22.8 Å². The van der Waals surface area contributed by atoms with Crippen LogP contribution in [0.2, 0.25) is 0 Å². The number of aryl methyl sites for hydroxylation is 1.